The molecule has 110 valence electrons. The molecule has 2 rings (SSSR count). The zero-order valence-corrected chi connectivity index (χ0v) is 13.0. The lowest BCUT2D eigenvalue weighted by atomic mass is 10.1. The van der Waals surface area contributed by atoms with Crippen LogP contribution in [-0.4, -0.2) is 11.7 Å². The summed E-state index contributed by atoms with van der Waals surface area (Å²) in [6, 6.07) is 14.5. The molecule has 0 aromatic heterocycles. The monoisotopic (exact) mass is 322 g/mol. The molecule has 0 bridgehead atoms. The van der Waals surface area contributed by atoms with E-state index in [2.05, 4.69) is 22.8 Å². The average molecular weight is 323 g/mol. The predicted molar refractivity (Wildman–Crippen MR) is 89.0 cm³/mol. The number of nitrogens with one attached hydrogen (secondary N) is 2. The average Bonchev–Trinajstić information content (AvgIpc) is 2.47. The van der Waals surface area contributed by atoms with E-state index in [-0.39, 0.29) is 5.82 Å². The van der Waals surface area contributed by atoms with Crippen molar-refractivity contribution in [3.05, 3.63) is 70.5 Å². The van der Waals surface area contributed by atoms with E-state index < -0.39 is 0 Å². The Morgan fingerprint density at radius 3 is 2.57 bits per heavy atom. The maximum absolute atomic E-state index is 12.9. The van der Waals surface area contributed by atoms with Crippen molar-refractivity contribution in [1.82, 2.24) is 10.6 Å². The minimum atomic E-state index is -0.340. The third kappa shape index (κ3) is 5.33. The number of thiocarbonyl (C=S) groups is 1. The van der Waals surface area contributed by atoms with E-state index >= 15 is 0 Å². The highest BCUT2D eigenvalue weighted by Gasteiger charge is 2.03. The molecule has 0 aliphatic heterocycles. The summed E-state index contributed by atoms with van der Waals surface area (Å²) in [6.45, 7) is 1.23. The first-order valence-corrected chi connectivity index (χ1v) is 7.43. The lowest BCUT2D eigenvalue weighted by Gasteiger charge is -2.11. The van der Waals surface area contributed by atoms with E-state index in [0.29, 0.717) is 16.7 Å². The molecular weight excluding hydrogens is 307 g/mol. The summed E-state index contributed by atoms with van der Waals surface area (Å²) in [7, 11) is 0. The molecule has 0 amide bonds. The number of hydrogen-bond donors (Lipinski definition) is 2. The summed E-state index contributed by atoms with van der Waals surface area (Å²) in [5.41, 5.74) is 2.07. The molecule has 0 radical (unpaired) electrons. The van der Waals surface area contributed by atoms with E-state index in [1.54, 1.807) is 6.07 Å². The summed E-state index contributed by atoms with van der Waals surface area (Å²) in [6.07, 6.45) is 0.903. The molecule has 0 heterocycles. The van der Waals surface area contributed by atoms with Gasteiger partial charge in [-0.2, -0.15) is 0 Å². The van der Waals surface area contributed by atoms with Gasteiger partial charge < -0.3 is 10.6 Å². The Hall–Kier alpha value is -1.65. The summed E-state index contributed by atoms with van der Waals surface area (Å²) in [5, 5.41) is 7.15. The quantitative estimate of drug-likeness (QED) is 0.821. The fourth-order valence-corrected chi connectivity index (χ4v) is 2.28. The Bertz CT molecular complexity index is 604. The standard InChI is InChI=1S/C16H16ClFN2S/c17-15-10-14(18)7-6-13(15)11-20-16(21)19-9-8-12-4-2-1-3-5-12/h1-7,10H,8-9,11H2,(H2,19,20,21). The lowest BCUT2D eigenvalue weighted by molar-refractivity contribution is 0.627. The largest absolute Gasteiger partial charge is 0.362 e. The van der Waals surface area contributed by atoms with Crippen LogP contribution in [0.3, 0.4) is 0 Å². The van der Waals surface area contributed by atoms with E-state index in [1.807, 2.05) is 18.2 Å². The van der Waals surface area contributed by atoms with Crippen LogP contribution in [-0.2, 0) is 13.0 Å². The van der Waals surface area contributed by atoms with Gasteiger partial charge in [0.05, 0.1) is 0 Å². The van der Waals surface area contributed by atoms with Gasteiger partial charge in [0, 0.05) is 18.1 Å². The van der Waals surface area contributed by atoms with Crippen LogP contribution in [0.15, 0.2) is 48.5 Å². The van der Waals surface area contributed by atoms with E-state index in [4.69, 9.17) is 23.8 Å². The van der Waals surface area contributed by atoms with Gasteiger partial charge in [-0.3, -0.25) is 0 Å². The summed E-state index contributed by atoms with van der Waals surface area (Å²) in [5.74, 6) is -0.340. The van der Waals surface area contributed by atoms with Crippen LogP contribution in [0.25, 0.3) is 0 Å². The molecule has 0 saturated carbocycles. The van der Waals surface area contributed by atoms with Gasteiger partial charge in [-0.1, -0.05) is 48.0 Å². The summed E-state index contributed by atoms with van der Waals surface area (Å²) < 4.78 is 12.9. The normalized spacial score (nSPS) is 10.2. The summed E-state index contributed by atoms with van der Waals surface area (Å²) in [4.78, 5) is 0. The zero-order valence-electron chi connectivity index (χ0n) is 11.4. The first kappa shape index (κ1) is 15.7. The van der Waals surface area contributed by atoms with Crippen LogP contribution < -0.4 is 10.6 Å². The van der Waals surface area contributed by atoms with E-state index in [1.165, 1.54) is 17.7 Å². The highest BCUT2D eigenvalue weighted by molar-refractivity contribution is 7.80. The number of benzene rings is 2. The Balaban J connectivity index is 1.72. The maximum Gasteiger partial charge on any atom is 0.166 e. The van der Waals surface area contributed by atoms with Gasteiger partial charge in [0.25, 0.3) is 0 Å². The first-order chi connectivity index (χ1) is 10.1. The molecule has 2 nitrogen and oxygen atoms in total. The third-order valence-corrected chi connectivity index (χ3v) is 3.64. The fourth-order valence-electron chi connectivity index (χ4n) is 1.87. The van der Waals surface area contributed by atoms with Crippen molar-refractivity contribution in [2.24, 2.45) is 0 Å². The second kappa shape index (κ2) is 7.96. The Morgan fingerprint density at radius 2 is 1.86 bits per heavy atom. The summed E-state index contributed by atoms with van der Waals surface area (Å²) >= 11 is 11.2. The van der Waals surface area contributed by atoms with E-state index in [0.717, 1.165) is 18.5 Å². The van der Waals surface area contributed by atoms with Crippen molar-refractivity contribution in [1.29, 1.82) is 0 Å². The fraction of sp³-hybridized carbons (Fsp3) is 0.188. The molecule has 5 heteroatoms. The molecule has 0 spiro atoms. The molecule has 0 unspecified atom stereocenters. The van der Waals surface area contributed by atoms with Gasteiger partial charge >= 0.3 is 0 Å². The van der Waals surface area contributed by atoms with Crippen molar-refractivity contribution in [3.8, 4) is 0 Å². The minimum absolute atomic E-state index is 0.340. The molecule has 2 aromatic carbocycles. The molecule has 21 heavy (non-hydrogen) atoms. The maximum atomic E-state index is 12.9. The topological polar surface area (TPSA) is 24.1 Å². The van der Waals surface area contributed by atoms with Crippen molar-refractivity contribution >= 4 is 28.9 Å². The van der Waals surface area contributed by atoms with Gasteiger partial charge in [0.2, 0.25) is 0 Å². The number of rotatable bonds is 5. The smallest absolute Gasteiger partial charge is 0.166 e. The Morgan fingerprint density at radius 1 is 1.10 bits per heavy atom. The number of hydrogen-bond acceptors (Lipinski definition) is 1. The van der Waals surface area contributed by atoms with E-state index in [9.17, 15) is 4.39 Å². The molecule has 2 aromatic rings. The van der Waals surface area contributed by atoms with Gasteiger partial charge in [-0.25, -0.2) is 4.39 Å². The van der Waals surface area contributed by atoms with Crippen LogP contribution in [0.4, 0.5) is 4.39 Å². The molecule has 0 fully saturated rings. The van der Waals surface area contributed by atoms with Crippen LogP contribution in [0, 0.1) is 5.82 Å². The number of halogens is 2. The second-order valence-electron chi connectivity index (χ2n) is 4.58. The van der Waals surface area contributed by atoms with Crippen LogP contribution >= 0.6 is 23.8 Å². The molecule has 0 aliphatic rings. The lowest BCUT2D eigenvalue weighted by Crippen LogP contribution is -2.35. The third-order valence-electron chi connectivity index (χ3n) is 3.00. The zero-order chi connectivity index (χ0) is 15.1. The molecule has 0 atom stereocenters. The van der Waals surface area contributed by atoms with Gasteiger partial charge in [0.1, 0.15) is 5.82 Å². The molecule has 0 saturated heterocycles. The Kier molecular flexibility index (Phi) is 5.96. The van der Waals surface area contributed by atoms with Crippen molar-refractivity contribution in [2.45, 2.75) is 13.0 Å². The van der Waals surface area contributed by atoms with Crippen molar-refractivity contribution in [2.75, 3.05) is 6.54 Å². The predicted octanol–water partition coefficient (Wildman–Crippen LogP) is 3.69. The second-order valence-corrected chi connectivity index (χ2v) is 5.40. The molecular formula is C16H16ClFN2S. The van der Waals surface area contributed by atoms with Crippen LogP contribution in [0.2, 0.25) is 5.02 Å². The highest BCUT2D eigenvalue weighted by atomic mass is 35.5. The van der Waals surface area contributed by atoms with Gasteiger partial charge in [-0.15, -0.1) is 0 Å². The van der Waals surface area contributed by atoms with Crippen molar-refractivity contribution < 1.29 is 4.39 Å². The molecule has 0 aliphatic carbocycles. The highest BCUT2D eigenvalue weighted by Crippen LogP contribution is 2.16. The minimum Gasteiger partial charge on any atom is -0.362 e. The molecule has 2 N–H and O–H groups in total. The van der Waals surface area contributed by atoms with Gasteiger partial charge in [-0.05, 0) is 41.9 Å². The van der Waals surface area contributed by atoms with Crippen LogP contribution in [0.1, 0.15) is 11.1 Å². The Labute approximate surface area is 134 Å². The van der Waals surface area contributed by atoms with Crippen LogP contribution in [0.5, 0.6) is 0 Å². The SMILES string of the molecule is Fc1ccc(CNC(=S)NCCc2ccccc2)c(Cl)c1. The first-order valence-electron chi connectivity index (χ1n) is 6.65. The van der Waals surface area contributed by atoms with Gasteiger partial charge in [0.15, 0.2) is 5.11 Å². The van der Waals surface area contributed by atoms with Crippen molar-refractivity contribution in [3.63, 3.8) is 0 Å².